The molecule has 0 spiro atoms. The van der Waals surface area contributed by atoms with Gasteiger partial charge >= 0.3 is 0 Å². The van der Waals surface area contributed by atoms with Crippen molar-refractivity contribution in [3.8, 4) is 5.75 Å². The zero-order valence-electron chi connectivity index (χ0n) is 10.1. The maximum Gasteiger partial charge on any atom is 0.161 e. The number of hydrogen-bond acceptors (Lipinski definition) is 4. The predicted octanol–water partition coefficient (Wildman–Crippen LogP) is 3.64. The number of benzene rings is 1. The molecule has 1 fully saturated rings. The topological polar surface area (TPSA) is 33.6 Å². The van der Waals surface area contributed by atoms with Crippen LogP contribution in [0.3, 0.4) is 0 Å². The number of nitrogens with zero attached hydrogens (tertiary/aromatic N) is 1. The van der Waals surface area contributed by atoms with Gasteiger partial charge in [-0.05, 0) is 37.0 Å². The fourth-order valence-corrected chi connectivity index (χ4v) is 3.46. The van der Waals surface area contributed by atoms with Crippen LogP contribution in [0.4, 0.5) is 5.69 Å². The van der Waals surface area contributed by atoms with Gasteiger partial charge in [-0.25, -0.2) is 0 Å². The van der Waals surface area contributed by atoms with E-state index in [1.807, 2.05) is 30.0 Å². The van der Waals surface area contributed by atoms with E-state index in [4.69, 9.17) is 16.3 Å². The molecule has 3 nitrogen and oxygen atoms in total. The summed E-state index contributed by atoms with van der Waals surface area (Å²) >= 11 is 7.85. The van der Waals surface area contributed by atoms with Crippen molar-refractivity contribution in [3.05, 3.63) is 23.2 Å². The Morgan fingerprint density at radius 2 is 2.28 bits per heavy atom. The standard InChI is InChI=1S/C13H15ClN2OS/c1-17-11-5-4-9(14)6-10(11)16-13-15-7-12(18-13)8-2-3-8/h4-6,8,12H,2-3,7H2,1H3,(H,15,16). The van der Waals surface area contributed by atoms with Crippen molar-refractivity contribution in [3.63, 3.8) is 0 Å². The number of rotatable bonds is 3. The van der Waals surface area contributed by atoms with Crippen molar-refractivity contribution in [2.75, 3.05) is 19.0 Å². The maximum atomic E-state index is 6.01. The van der Waals surface area contributed by atoms with E-state index in [2.05, 4.69) is 10.3 Å². The maximum absolute atomic E-state index is 6.01. The first kappa shape index (κ1) is 12.2. The Hall–Kier alpha value is -0.870. The summed E-state index contributed by atoms with van der Waals surface area (Å²) < 4.78 is 5.31. The summed E-state index contributed by atoms with van der Waals surface area (Å²) in [4.78, 5) is 4.55. The highest BCUT2D eigenvalue weighted by Gasteiger charge is 2.35. The number of anilines is 1. The van der Waals surface area contributed by atoms with Crippen LogP contribution in [0.25, 0.3) is 0 Å². The normalized spacial score (nSPS) is 22.8. The lowest BCUT2D eigenvalue weighted by molar-refractivity contribution is 0.417. The van der Waals surface area contributed by atoms with E-state index in [1.165, 1.54) is 12.8 Å². The molecule has 0 amide bonds. The fraction of sp³-hybridized carbons (Fsp3) is 0.462. The molecule has 1 aliphatic heterocycles. The smallest absolute Gasteiger partial charge is 0.161 e. The van der Waals surface area contributed by atoms with Gasteiger partial charge in [0.2, 0.25) is 0 Å². The molecule has 96 valence electrons. The number of thioether (sulfide) groups is 1. The molecule has 18 heavy (non-hydrogen) atoms. The Kier molecular flexibility index (Phi) is 3.39. The number of nitrogens with one attached hydrogen (secondary N) is 1. The minimum atomic E-state index is 0.665. The summed E-state index contributed by atoms with van der Waals surface area (Å²) in [5.41, 5.74) is 0.882. The van der Waals surface area contributed by atoms with Crippen LogP contribution >= 0.6 is 23.4 Å². The molecule has 1 unspecified atom stereocenters. The molecule has 1 atom stereocenters. The second-order valence-electron chi connectivity index (χ2n) is 4.61. The minimum absolute atomic E-state index is 0.665. The van der Waals surface area contributed by atoms with Crippen LogP contribution < -0.4 is 10.1 Å². The van der Waals surface area contributed by atoms with Crippen molar-refractivity contribution in [1.82, 2.24) is 0 Å². The number of methoxy groups -OCH3 is 1. The highest BCUT2D eigenvalue weighted by atomic mass is 35.5. The first-order chi connectivity index (χ1) is 8.76. The van der Waals surface area contributed by atoms with Crippen LogP contribution in [0.15, 0.2) is 23.2 Å². The third kappa shape index (κ3) is 2.59. The first-order valence-electron chi connectivity index (χ1n) is 6.08. The third-order valence-electron chi connectivity index (χ3n) is 3.23. The van der Waals surface area contributed by atoms with Gasteiger partial charge in [-0.1, -0.05) is 23.4 Å². The average molecular weight is 283 g/mol. The van der Waals surface area contributed by atoms with Gasteiger partial charge in [-0.15, -0.1) is 0 Å². The summed E-state index contributed by atoms with van der Waals surface area (Å²) in [6.07, 6.45) is 2.72. The van der Waals surface area contributed by atoms with Gasteiger partial charge in [0, 0.05) is 10.3 Å². The number of halogens is 1. The van der Waals surface area contributed by atoms with E-state index in [-0.39, 0.29) is 0 Å². The number of ether oxygens (including phenoxy) is 1. The second kappa shape index (κ2) is 5.02. The summed E-state index contributed by atoms with van der Waals surface area (Å²) in [6.45, 7) is 0.931. The van der Waals surface area contributed by atoms with Crippen LogP contribution in [-0.2, 0) is 0 Å². The molecule has 0 aromatic heterocycles. The molecule has 0 radical (unpaired) electrons. The minimum Gasteiger partial charge on any atom is -0.495 e. The highest BCUT2D eigenvalue weighted by molar-refractivity contribution is 8.15. The molecule has 5 heteroatoms. The van der Waals surface area contributed by atoms with Gasteiger partial charge in [0.25, 0.3) is 0 Å². The van der Waals surface area contributed by atoms with E-state index in [1.54, 1.807) is 7.11 Å². The first-order valence-corrected chi connectivity index (χ1v) is 7.33. The molecule has 0 bridgehead atoms. The molecular formula is C13H15ClN2OS. The van der Waals surface area contributed by atoms with E-state index < -0.39 is 0 Å². The lowest BCUT2D eigenvalue weighted by Gasteiger charge is -2.11. The molecule has 1 aliphatic carbocycles. The third-order valence-corrected chi connectivity index (χ3v) is 4.76. The van der Waals surface area contributed by atoms with Crippen molar-refractivity contribution in [2.24, 2.45) is 10.9 Å². The number of aliphatic imine (C=N–C) groups is 1. The lowest BCUT2D eigenvalue weighted by atomic mass is 10.3. The van der Waals surface area contributed by atoms with Crippen molar-refractivity contribution in [1.29, 1.82) is 0 Å². The van der Waals surface area contributed by atoms with Crippen molar-refractivity contribution >= 4 is 34.2 Å². The molecule has 0 saturated heterocycles. The zero-order valence-corrected chi connectivity index (χ0v) is 11.7. The molecular weight excluding hydrogens is 268 g/mol. The molecule has 1 heterocycles. The van der Waals surface area contributed by atoms with Gasteiger partial charge < -0.3 is 10.1 Å². The SMILES string of the molecule is COc1ccc(Cl)cc1NC1=NCC(C2CC2)S1. The molecule has 2 aliphatic rings. The van der Waals surface area contributed by atoms with E-state index in [0.717, 1.165) is 29.1 Å². The summed E-state index contributed by atoms with van der Waals surface area (Å²) in [5.74, 6) is 1.66. The van der Waals surface area contributed by atoms with Crippen LogP contribution in [0.1, 0.15) is 12.8 Å². The largest absolute Gasteiger partial charge is 0.495 e. The molecule has 3 rings (SSSR count). The van der Waals surface area contributed by atoms with E-state index >= 15 is 0 Å². The molecule has 1 saturated carbocycles. The summed E-state index contributed by atoms with van der Waals surface area (Å²) in [6, 6.07) is 5.55. The van der Waals surface area contributed by atoms with Crippen LogP contribution in [0.2, 0.25) is 5.02 Å². The summed E-state index contributed by atoms with van der Waals surface area (Å²) in [5, 5.41) is 5.66. The molecule has 1 aromatic carbocycles. The Morgan fingerprint density at radius 3 is 3.00 bits per heavy atom. The van der Waals surface area contributed by atoms with Gasteiger partial charge in [-0.2, -0.15) is 0 Å². The van der Waals surface area contributed by atoms with Gasteiger partial charge in [0.1, 0.15) is 5.75 Å². The highest BCUT2D eigenvalue weighted by Crippen LogP contribution is 2.42. The van der Waals surface area contributed by atoms with Crippen molar-refractivity contribution < 1.29 is 4.74 Å². The van der Waals surface area contributed by atoms with Crippen LogP contribution in [-0.4, -0.2) is 24.1 Å². The van der Waals surface area contributed by atoms with Crippen LogP contribution in [0.5, 0.6) is 5.75 Å². The van der Waals surface area contributed by atoms with Crippen molar-refractivity contribution in [2.45, 2.75) is 18.1 Å². The quantitative estimate of drug-likeness (QED) is 0.919. The predicted molar refractivity (Wildman–Crippen MR) is 78.0 cm³/mol. The van der Waals surface area contributed by atoms with Gasteiger partial charge in [0.05, 0.1) is 19.3 Å². The Balaban J connectivity index is 1.70. The number of hydrogen-bond donors (Lipinski definition) is 1. The van der Waals surface area contributed by atoms with E-state index in [0.29, 0.717) is 10.3 Å². The van der Waals surface area contributed by atoms with Gasteiger partial charge in [0.15, 0.2) is 5.17 Å². The molecule has 1 N–H and O–H groups in total. The summed E-state index contributed by atoms with van der Waals surface area (Å²) in [7, 11) is 1.66. The van der Waals surface area contributed by atoms with Gasteiger partial charge in [-0.3, -0.25) is 4.99 Å². The van der Waals surface area contributed by atoms with Crippen LogP contribution in [0, 0.1) is 5.92 Å². The zero-order chi connectivity index (χ0) is 12.5. The Labute approximate surface area is 116 Å². The Bertz CT molecular complexity index is 488. The second-order valence-corrected chi connectivity index (χ2v) is 6.27. The fourth-order valence-electron chi connectivity index (χ4n) is 2.07. The number of amidine groups is 1. The van der Waals surface area contributed by atoms with E-state index in [9.17, 15) is 0 Å². The lowest BCUT2D eigenvalue weighted by Crippen LogP contribution is -2.09. The molecule has 1 aromatic rings. The monoisotopic (exact) mass is 282 g/mol. The average Bonchev–Trinajstić information content (AvgIpc) is 3.11. The Morgan fingerprint density at radius 1 is 1.44 bits per heavy atom.